The number of hydrogen-bond acceptors (Lipinski definition) is 4. The first-order valence-corrected chi connectivity index (χ1v) is 8.54. The number of anilines is 1. The molecule has 5 nitrogen and oxygen atoms in total. The summed E-state index contributed by atoms with van der Waals surface area (Å²) < 4.78 is 5.37. The van der Waals surface area contributed by atoms with Gasteiger partial charge in [-0.2, -0.15) is 0 Å². The summed E-state index contributed by atoms with van der Waals surface area (Å²) in [6.45, 7) is 5.33. The highest BCUT2D eigenvalue weighted by Gasteiger charge is 2.39. The second kappa shape index (κ2) is 6.89. The molecule has 1 aliphatic heterocycles. The topological polar surface area (TPSA) is 61.8 Å². The molecule has 0 radical (unpaired) electrons. The first-order chi connectivity index (χ1) is 11.1. The van der Waals surface area contributed by atoms with Crippen LogP contribution in [-0.4, -0.2) is 42.9 Å². The van der Waals surface area contributed by atoms with Gasteiger partial charge in [-0.3, -0.25) is 4.79 Å². The van der Waals surface area contributed by atoms with Gasteiger partial charge in [0.2, 0.25) is 0 Å². The first-order valence-electron chi connectivity index (χ1n) is 8.54. The number of carbonyl (C=O) groups is 1. The Labute approximate surface area is 137 Å². The molecule has 0 spiro atoms. The maximum Gasteiger partial charge on any atom is 0.252 e. The number of nitrogens with zero attached hydrogens (tertiary/aromatic N) is 1. The van der Waals surface area contributed by atoms with E-state index in [-0.39, 0.29) is 11.9 Å². The minimum absolute atomic E-state index is 0.106. The molecular weight excluding hydrogens is 292 g/mol. The molecule has 1 saturated carbocycles. The van der Waals surface area contributed by atoms with E-state index in [1.54, 1.807) is 0 Å². The van der Waals surface area contributed by atoms with Gasteiger partial charge >= 0.3 is 0 Å². The molecule has 1 unspecified atom stereocenters. The fourth-order valence-electron chi connectivity index (χ4n) is 3.40. The lowest BCUT2D eigenvalue weighted by Crippen LogP contribution is -2.45. The minimum atomic E-state index is -1.16. The zero-order valence-electron chi connectivity index (χ0n) is 13.8. The van der Waals surface area contributed by atoms with Crippen LogP contribution in [0.4, 0.5) is 5.69 Å². The standard InChI is InChI=1S/C18H26N2O3/c1-14(19-17(21)18(22)8-2-3-9-18)15-4-6-16(7-5-15)20-10-12-23-13-11-20/h4-7,14,22H,2-3,8-13H2,1H3,(H,19,21). The first kappa shape index (κ1) is 16.3. The summed E-state index contributed by atoms with van der Waals surface area (Å²) in [5, 5.41) is 13.3. The lowest BCUT2D eigenvalue weighted by atomic mass is 10.00. The monoisotopic (exact) mass is 318 g/mol. The Kier molecular flexibility index (Phi) is 4.87. The smallest absolute Gasteiger partial charge is 0.252 e. The van der Waals surface area contributed by atoms with Crippen LogP contribution in [-0.2, 0) is 9.53 Å². The van der Waals surface area contributed by atoms with Gasteiger partial charge in [0.15, 0.2) is 0 Å². The lowest BCUT2D eigenvalue weighted by molar-refractivity contribution is -0.139. The molecule has 2 N–H and O–H groups in total. The minimum Gasteiger partial charge on any atom is -0.380 e. The molecule has 0 bridgehead atoms. The second-order valence-corrected chi connectivity index (χ2v) is 6.62. The molecule has 23 heavy (non-hydrogen) atoms. The molecule has 0 aromatic heterocycles. The number of aliphatic hydroxyl groups is 1. The largest absolute Gasteiger partial charge is 0.380 e. The Hall–Kier alpha value is -1.59. The maximum absolute atomic E-state index is 12.3. The average Bonchev–Trinajstić information content (AvgIpc) is 3.04. The zero-order chi connectivity index (χ0) is 16.3. The normalized spacial score (nSPS) is 21.9. The number of amides is 1. The highest BCUT2D eigenvalue weighted by Crippen LogP contribution is 2.30. The van der Waals surface area contributed by atoms with Crippen LogP contribution in [0.3, 0.4) is 0 Å². The van der Waals surface area contributed by atoms with Gasteiger partial charge in [-0.05, 0) is 50.3 Å². The van der Waals surface area contributed by atoms with E-state index >= 15 is 0 Å². The van der Waals surface area contributed by atoms with Crippen molar-refractivity contribution in [2.24, 2.45) is 0 Å². The molecule has 2 aliphatic rings. The zero-order valence-corrected chi connectivity index (χ0v) is 13.8. The summed E-state index contributed by atoms with van der Waals surface area (Å²) in [4.78, 5) is 14.6. The van der Waals surface area contributed by atoms with E-state index in [4.69, 9.17) is 4.74 Å². The summed E-state index contributed by atoms with van der Waals surface area (Å²) >= 11 is 0. The van der Waals surface area contributed by atoms with Gasteiger partial charge in [0.25, 0.3) is 5.91 Å². The Morgan fingerprint density at radius 1 is 1.22 bits per heavy atom. The van der Waals surface area contributed by atoms with Crippen LogP contribution < -0.4 is 10.2 Å². The third-order valence-corrected chi connectivity index (χ3v) is 4.97. The summed E-state index contributed by atoms with van der Waals surface area (Å²) in [5.41, 5.74) is 1.07. The van der Waals surface area contributed by atoms with E-state index in [0.717, 1.165) is 44.7 Å². The molecule has 5 heteroatoms. The lowest BCUT2D eigenvalue weighted by Gasteiger charge is -2.29. The van der Waals surface area contributed by atoms with Crippen LogP contribution >= 0.6 is 0 Å². The molecule has 1 atom stereocenters. The van der Waals surface area contributed by atoms with Crippen molar-refractivity contribution in [2.75, 3.05) is 31.2 Å². The molecule has 3 rings (SSSR count). The van der Waals surface area contributed by atoms with Crippen molar-refractivity contribution in [1.82, 2.24) is 5.32 Å². The Balaban J connectivity index is 1.61. The molecule has 1 aromatic carbocycles. The molecular formula is C18H26N2O3. The molecule has 1 heterocycles. The Morgan fingerprint density at radius 3 is 2.43 bits per heavy atom. The number of benzene rings is 1. The van der Waals surface area contributed by atoms with E-state index in [0.29, 0.717) is 12.8 Å². The van der Waals surface area contributed by atoms with E-state index in [1.807, 2.05) is 6.92 Å². The van der Waals surface area contributed by atoms with E-state index in [1.165, 1.54) is 5.69 Å². The predicted octanol–water partition coefficient (Wildman–Crippen LogP) is 2.01. The molecule has 1 aliphatic carbocycles. The van der Waals surface area contributed by atoms with Gasteiger partial charge in [0, 0.05) is 18.8 Å². The number of ether oxygens (including phenoxy) is 1. The van der Waals surface area contributed by atoms with Crippen molar-refractivity contribution in [1.29, 1.82) is 0 Å². The van der Waals surface area contributed by atoms with E-state index in [2.05, 4.69) is 34.5 Å². The van der Waals surface area contributed by atoms with Crippen LogP contribution in [0.2, 0.25) is 0 Å². The number of rotatable bonds is 4. The van der Waals surface area contributed by atoms with Gasteiger partial charge in [0.05, 0.1) is 19.3 Å². The fraction of sp³-hybridized carbons (Fsp3) is 0.611. The van der Waals surface area contributed by atoms with Crippen molar-refractivity contribution in [3.05, 3.63) is 29.8 Å². The van der Waals surface area contributed by atoms with Gasteiger partial charge < -0.3 is 20.1 Å². The van der Waals surface area contributed by atoms with Crippen molar-refractivity contribution >= 4 is 11.6 Å². The second-order valence-electron chi connectivity index (χ2n) is 6.62. The van der Waals surface area contributed by atoms with Gasteiger partial charge in [-0.15, -0.1) is 0 Å². The Bertz CT molecular complexity index is 532. The van der Waals surface area contributed by atoms with Crippen LogP contribution in [0.15, 0.2) is 24.3 Å². The van der Waals surface area contributed by atoms with Crippen molar-refractivity contribution in [3.63, 3.8) is 0 Å². The molecule has 126 valence electrons. The summed E-state index contributed by atoms with van der Waals surface area (Å²) in [6, 6.07) is 8.18. The highest BCUT2D eigenvalue weighted by molar-refractivity contribution is 5.85. The predicted molar refractivity (Wildman–Crippen MR) is 89.4 cm³/mol. The van der Waals surface area contributed by atoms with Crippen LogP contribution in [0.5, 0.6) is 0 Å². The third-order valence-electron chi connectivity index (χ3n) is 4.97. The van der Waals surface area contributed by atoms with Crippen LogP contribution in [0.25, 0.3) is 0 Å². The van der Waals surface area contributed by atoms with E-state index in [9.17, 15) is 9.90 Å². The summed E-state index contributed by atoms with van der Waals surface area (Å²) in [6.07, 6.45) is 2.99. The van der Waals surface area contributed by atoms with Crippen molar-refractivity contribution in [3.8, 4) is 0 Å². The molecule has 1 amide bonds. The maximum atomic E-state index is 12.3. The number of morpholine rings is 1. The van der Waals surface area contributed by atoms with Gasteiger partial charge in [0.1, 0.15) is 5.60 Å². The average molecular weight is 318 g/mol. The van der Waals surface area contributed by atoms with Crippen LogP contribution in [0.1, 0.15) is 44.2 Å². The molecule has 1 aromatic rings. The number of nitrogens with one attached hydrogen (secondary N) is 1. The highest BCUT2D eigenvalue weighted by atomic mass is 16.5. The van der Waals surface area contributed by atoms with Crippen molar-refractivity contribution < 1.29 is 14.6 Å². The third kappa shape index (κ3) is 3.67. The van der Waals surface area contributed by atoms with Crippen LogP contribution in [0, 0.1) is 0 Å². The molecule has 1 saturated heterocycles. The fourth-order valence-corrected chi connectivity index (χ4v) is 3.40. The quantitative estimate of drug-likeness (QED) is 0.891. The molecule has 2 fully saturated rings. The van der Waals surface area contributed by atoms with Gasteiger partial charge in [-0.25, -0.2) is 0 Å². The Morgan fingerprint density at radius 2 is 1.83 bits per heavy atom. The van der Waals surface area contributed by atoms with E-state index < -0.39 is 5.60 Å². The number of hydrogen-bond donors (Lipinski definition) is 2. The summed E-state index contributed by atoms with van der Waals surface area (Å²) in [7, 11) is 0. The SMILES string of the molecule is CC(NC(=O)C1(O)CCCC1)c1ccc(N2CCOCC2)cc1. The number of carbonyl (C=O) groups excluding carboxylic acids is 1. The van der Waals surface area contributed by atoms with Crippen molar-refractivity contribution in [2.45, 2.75) is 44.2 Å². The summed E-state index contributed by atoms with van der Waals surface area (Å²) in [5.74, 6) is -0.236. The van der Waals surface area contributed by atoms with Gasteiger partial charge in [-0.1, -0.05) is 12.1 Å².